The molecule has 0 radical (unpaired) electrons. The molecule has 21 heavy (non-hydrogen) atoms. The zero-order valence-electron chi connectivity index (χ0n) is 10.2. The molecule has 0 amide bonds. The predicted octanol–water partition coefficient (Wildman–Crippen LogP) is 5.24. The van der Waals surface area contributed by atoms with Gasteiger partial charge in [-0.1, -0.05) is 6.07 Å². The summed E-state index contributed by atoms with van der Waals surface area (Å²) in [5.41, 5.74) is -0.557. The Morgan fingerprint density at radius 3 is 2.24 bits per heavy atom. The molecule has 0 saturated carbocycles. The van der Waals surface area contributed by atoms with Gasteiger partial charge in [-0.25, -0.2) is 4.98 Å². The maximum absolute atomic E-state index is 12.7. The Kier molecular flexibility index (Phi) is 4.54. The summed E-state index contributed by atoms with van der Waals surface area (Å²) in [6.07, 6.45) is -4.57. The molecule has 2 aromatic rings. The van der Waals surface area contributed by atoms with Crippen LogP contribution in [0, 0.1) is 11.3 Å². The summed E-state index contributed by atoms with van der Waals surface area (Å²) < 4.78 is 39.4. The lowest BCUT2D eigenvalue weighted by Gasteiger charge is -2.13. The van der Waals surface area contributed by atoms with Crippen LogP contribution in [0.15, 0.2) is 39.3 Å². The minimum Gasteiger partial charge on any atom is -0.337 e. The van der Waals surface area contributed by atoms with Crippen LogP contribution in [0.3, 0.4) is 0 Å². The molecule has 0 fully saturated rings. The predicted molar refractivity (Wildman–Crippen MR) is 79.1 cm³/mol. The van der Waals surface area contributed by atoms with Gasteiger partial charge in [0.2, 0.25) is 0 Å². The Hall–Kier alpha value is -1.59. The molecular formula is C13H6Br2F3N3. The second kappa shape index (κ2) is 6.03. The van der Waals surface area contributed by atoms with Crippen molar-refractivity contribution in [2.45, 2.75) is 6.18 Å². The van der Waals surface area contributed by atoms with E-state index in [1.165, 1.54) is 0 Å². The molecule has 0 aliphatic rings. The number of nitriles is 1. The number of nitrogens with zero attached hydrogens (tertiary/aromatic N) is 2. The lowest BCUT2D eigenvalue weighted by atomic mass is 10.2. The van der Waals surface area contributed by atoms with Gasteiger partial charge in [0, 0.05) is 8.95 Å². The average molecular weight is 421 g/mol. The third-order valence-corrected chi connectivity index (χ3v) is 3.83. The van der Waals surface area contributed by atoms with Crippen molar-refractivity contribution >= 4 is 43.4 Å². The first kappa shape index (κ1) is 15.8. The highest BCUT2D eigenvalue weighted by Gasteiger charge is 2.33. The van der Waals surface area contributed by atoms with E-state index in [2.05, 4.69) is 42.2 Å². The number of nitrogens with one attached hydrogen (secondary N) is 1. The SMILES string of the molecule is N#Cc1ccc(C(F)(F)F)nc1Nc1c(Br)cccc1Br. The molecule has 108 valence electrons. The molecule has 1 aromatic heterocycles. The van der Waals surface area contributed by atoms with Crippen molar-refractivity contribution in [3.63, 3.8) is 0 Å². The maximum Gasteiger partial charge on any atom is 0.433 e. The standard InChI is InChI=1S/C13H6Br2F3N3/c14-8-2-1-3-9(15)11(8)21-12-7(6-19)4-5-10(20-12)13(16,17)18/h1-5H,(H,20,21). The topological polar surface area (TPSA) is 48.7 Å². The van der Waals surface area contributed by atoms with Gasteiger partial charge in [-0.15, -0.1) is 0 Å². The molecule has 0 spiro atoms. The largest absolute Gasteiger partial charge is 0.433 e. The summed E-state index contributed by atoms with van der Waals surface area (Å²) in [5, 5.41) is 11.7. The molecule has 0 saturated heterocycles. The van der Waals surface area contributed by atoms with Gasteiger partial charge in [0.25, 0.3) is 0 Å². The molecule has 0 aliphatic carbocycles. The summed E-state index contributed by atoms with van der Waals surface area (Å²) >= 11 is 6.57. The maximum atomic E-state index is 12.7. The first-order valence-corrected chi connectivity index (χ1v) is 7.11. The van der Waals surface area contributed by atoms with Crippen LogP contribution in [0.25, 0.3) is 0 Å². The molecule has 1 aromatic carbocycles. The van der Waals surface area contributed by atoms with Crippen LogP contribution in [0.4, 0.5) is 24.7 Å². The van der Waals surface area contributed by atoms with Gasteiger partial charge in [0.1, 0.15) is 17.6 Å². The molecule has 0 aliphatic heterocycles. The number of aromatic nitrogens is 1. The van der Waals surface area contributed by atoms with Crippen molar-refractivity contribution in [2.24, 2.45) is 0 Å². The molecule has 2 rings (SSSR count). The summed E-state index contributed by atoms with van der Waals surface area (Å²) in [4.78, 5) is 3.49. The van der Waals surface area contributed by atoms with Crippen molar-refractivity contribution < 1.29 is 13.2 Å². The third kappa shape index (κ3) is 3.54. The lowest BCUT2D eigenvalue weighted by Crippen LogP contribution is -2.10. The zero-order valence-corrected chi connectivity index (χ0v) is 13.3. The number of pyridine rings is 1. The van der Waals surface area contributed by atoms with Crippen molar-refractivity contribution in [3.8, 4) is 6.07 Å². The first-order chi connectivity index (χ1) is 9.82. The molecule has 3 nitrogen and oxygen atoms in total. The highest BCUT2D eigenvalue weighted by Crippen LogP contribution is 2.35. The van der Waals surface area contributed by atoms with E-state index in [0.29, 0.717) is 14.6 Å². The fraction of sp³-hybridized carbons (Fsp3) is 0.0769. The Morgan fingerprint density at radius 2 is 1.71 bits per heavy atom. The summed E-state index contributed by atoms with van der Waals surface area (Å²) in [6.45, 7) is 0. The van der Waals surface area contributed by atoms with Crippen LogP contribution >= 0.6 is 31.9 Å². The Morgan fingerprint density at radius 1 is 1.10 bits per heavy atom. The molecular weight excluding hydrogens is 415 g/mol. The van der Waals surface area contributed by atoms with Crippen LogP contribution in [-0.4, -0.2) is 4.98 Å². The van der Waals surface area contributed by atoms with Gasteiger partial charge in [-0.05, 0) is 56.1 Å². The highest BCUT2D eigenvalue weighted by atomic mass is 79.9. The van der Waals surface area contributed by atoms with Gasteiger partial charge in [-0.3, -0.25) is 0 Å². The first-order valence-electron chi connectivity index (χ1n) is 5.52. The van der Waals surface area contributed by atoms with E-state index in [1.54, 1.807) is 18.2 Å². The van der Waals surface area contributed by atoms with E-state index in [-0.39, 0.29) is 11.4 Å². The van der Waals surface area contributed by atoms with Crippen molar-refractivity contribution in [2.75, 3.05) is 5.32 Å². The number of anilines is 2. The van der Waals surface area contributed by atoms with Crippen LogP contribution in [0.1, 0.15) is 11.3 Å². The van der Waals surface area contributed by atoms with E-state index in [1.807, 2.05) is 6.07 Å². The van der Waals surface area contributed by atoms with E-state index in [9.17, 15) is 13.2 Å². The van der Waals surface area contributed by atoms with E-state index in [4.69, 9.17) is 5.26 Å². The van der Waals surface area contributed by atoms with Crippen LogP contribution < -0.4 is 5.32 Å². The molecule has 8 heteroatoms. The second-order valence-corrected chi connectivity index (χ2v) is 5.63. The Bertz CT molecular complexity index is 703. The van der Waals surface area contributed by atoms with Crippen LogP contribution in [-0.2, 0) is 6.18 Å². The number of para-hydroxylation sites is 1. The number of alkyl halides is 3. The van der Waals surface area contributed by atoms with Gasteiger partial charge in [-0.2, -0.15) is 18.4 Å². The summed E-state index contributed by atoms with van der Waals surface area (Å²) in [6, 6.07) is 8.86. The third-order valence-electron chi connectivity index (χ3n) is 2.51. The highest BCUT2D eigenvalue weighted by molar-refractivity contribution is 9.11. The van der Waals surface area contributed by atoms with Crippen LogP contribution in [0.5, 0.6) is 0 Å². The molecule has 1 heterocycles. The lowest BCUT2D eigenvalue weighted by molar-refractivity contribution is -0.141. The summed E-state index contributed by atoms with van der Waals surface area (Å²) in [5.74, 6) is -0.153. The molecule has 1 N–H and O–H groups in total. The fourth-order valence-corrected chi connectivity index (χ4v) is 2.73. The van der Waals surface area contributed by atoms with Gasteiger partial charge in [0.15, 0.2) is 0 Å². The molecule has 0 bridgehead atoms. The van der Waals surface area contributed by atoms with Gasteiger partial charge >= 0.3 is 6.18 Å². The number of benzene rings is 1. The fourth-order valence-electron chi connectivity index (χ4n) is 1.54. The monoisotopic (exact) mass is 419 g/mol. The normalized spacial score (nSPS) is 11.0. The average Bonchev–Trinajstić information content (AvgIpc) is 2.42. The zero-order chi connectivity index (χ0) is 15.6. The minimum atomic E-state index is -4.57. The second-order valence-electron chi connectivity index (χ2n) is 3.92. The minimum absolute atomic E-state index is 0.0191. The smallest absolute Gasteiger partial charge is 0.337 e. The Balaban J connectivity index is 2.51. The number of hydrogen-bond donors (Lipinski definition) is 1. The van der Waals surface area contributed by atoms with Crippen molar-refractivity contribution in [1.29, 1.82) is 5.26 Å². The van der Waals surface area contributed by atoms with E-state index >= 15 is 0 Å². The van der Waals surface area contributed by atoms with Crippen molar-refractivity contribution in [1.82, 2.24) is 4.98 Å². The van der Waals surface area contributed by atoms with Gasteiger partial charge in [0.05, 0.1) is 11.3 Å². The quantitative estimate of drug-likeness (QED) is 0.722. The molecule has 0 unspecified atom stereocenters. The Labute approximate surface area is 135 Å². The number of halogens is 5. The van der Waals surface area contributed by atoms with Crippen LogP contribution in [0.2, 0.25) is 0 Å². The number of rotatable bonds is 2. The van der Waals surface area contributed by atoms with Crippen molar-refractivity contribution in [3.05, 3.63) is 50.5 Å². The molecule has 0 atom stereocenters. The number of hydrogen-bond acceptors (Lipinski definition) is 3. The van der Waals surface area contributed by atoms with E-state index < -0.39 is 11.9 Å². The summed E-state index contributed by atoms with van der Waals surface area (Å²) in [7, 11) is 0. The van der Waals surface area contributed by atoms with Gasteiger partial charge < -0.3 is 5.32 Å². The van der Waals surface area contributed by atoms with E-state index in [0.717, 1.165) is 12.1 Å².